The van der Waals surface area contributed by atoms with Gasteiger partial charge in [-0.05, 0) is 59.8 Å². The van der Waals surface area contributed by atoms with Gasteiger partial charge < -0.3 is 39.6 Å². The van der Waals surface area contributed by atoms with Crippen LogP contribution in [0, 0.1) is 0 Å². The van der Waals surface area contributed by atoms with Crippen LogP contribution in [0.5, 0.6) is 5.75 Å². The molecule has 18 nitrogen and oxygen atoms in total. The molecule has 0 aliphatic carbocycles. The van der Waals surface area contributed by atoms with E-state index in [1.54, 1.807) is 29.7 Å². The van der Waals surface area contributed by atoms with E-state index >= 15 is 0 Å². The highest BCUT2D eigenvalue weighted by atomic mass is 16.6. The van der Waals surface area contributed by atoms with Crippen LogP contribution in [0.3, 0.4) is 0 Å². The van der Waals surface area contributed by atoms with E-state index in [2.05, 4.69) is 10.6 Å². The van der Waals surface area contributed by atoms with E-state index in [1.807, 2.05) is 47.2 Å². The number of imide groups is 2. The molecular weight excluding hydrogens is 752 g/mol. The Kier molecular flexibility index (Phi) is 14.0. The van der Waals surface area contributed by atoms with Crippen molar-refractivity contribution in [3.8, 4) is 5.75 Å². The highest BCUT2D eigenvalue weighted by Crippen LogP contribution is 2.32. The number of aromatic nitrogens is 1. The maximum Gasteiger partial charge on any atom is 0.274 e. The lowest BCUT2D eigenvalue weighted by molar-refractivity contribution is -0.136. The fourth-order valence-corrected chi connectivity index (χ4v) is 6.53. The van der Waals surface area contributed by atoms with Crippen molar-refractivity contribution in [1.82, 2.24) is 25.3 Å². The van der Waals surface area contributed by atoms with Crippen molar-refractivity contribution in [3.05, 3.63) is 107 Å². The van der Waals surface area contributed by atoms with Crippen LogP contribution in [0.4, 0.5) is 5.69 Å². The van der Waals surface area contributed by atoms with Crippen LogP contribution >= 0.6 is 0 Å². The van der Waals surface area contributed by atoms with Crippen LogP contribution in [0.1, 0.15) is 49.5 Å². The third kappa shape index (κ3) is 10.3. The van der Waals surface area contributed by atoms with Crippen LogP contribution in [-0.4, -0.2) is 115 Å². The number of nitrogens with two attached hydrogens (primary N) is 2. The van der Waals surface area contributed by atoms with E-state index in [4.69, 9.17) is 35.7 Å². The van der Waals surface area contributed by atoms with Crippen molar-refractivity contribution in [2.75, 3.05) is 64.7 Å². The Bertz CT molecular complexity index is 2150. The number of carbonyl (C=O) groups is 5. The number of benzene rings is 3. The van der Waals surface area contributed by atoms with Crippen LogP contribution in [0.25, 0.3) is 10.9 Å². The minimum atomic E-state index is -1.06. The number of carbonyl (C=O) groups excluding carboxylic acids is 5. The smallest absolute Gasteiger partial charge is 0.274 e. The molecule has 1 atom stereocenters. The van der Waals surface area contributed by atoms with Crippen LogP contribution < -0.4 is 32.4 Å². The van der Waals surface area contributed by atoms with Gasteiger partial charge in [-0.25, -0.2) is 11.3 Å². The summed E-state index contributed by atoms with van der Waals surface area (Å²) >= 11 is 0. The van der Waals surface area contributed by atoms with Gasteiger partial charge >= 0.3 is 0 Å². The number of nitrogens with one attached hydrogen (secondary N) is 3. The molecule has 18 heteroatoms. The average molecular weight is 799 g/mol. The van der Waals surface area contributed by atoms with E-state index in [1.165, 1.54) is 17.3 Å². The summed E-state index contributed by atoms with van der Waals surface area (Å²) in [5.74, 6) is 3.89. The Hall–Kier alpha value is -6.31. The summed E-state index contributed by atoms with van der Waals surface area (Å²) < 4.78 is 24.6. The molecule has 0 bridgehead atoms. The number of nitrogens with zero attached hydrogens (tertiary/aromatic N) is 3. The van der Waals surface area contributed by atoms with E-state index in [-0.39, 0.29) is 30.5 Å². The van der Waals surface area contributed by atoms with Crippen molar-refractivity contribution >= 4 is 46.1 Å². The molecule has 0 saturated carbocycles. The van der Waals surface area contributed by atoms with E-state index < -0.39 is 35.6 Å². The predicted octanol–water partition coefficient (Wildman–Crippen LogP) is 1.73. The Morgan fingerprint density at radius 2 is 1.64 bits per heavy atom. The normalized spacial score (nSPS) is 15.4. The molecule has 6 rings (SSSR count). The van der Waals surface area contributed by atoms with Gasteiger partial charge in [-0.2, -0.15) is 0 Å². The van der Waals surface area contributed by atoms with E-state index in [9.17, 15) is 24.0 Å². The van der Waals surface area contributed by atoms with Gasteiger partial charge in [-0.3, -0.25) is 39.4 Å². The number of fused-ring (bicyclic) bond motifs is 2. The molecule has 0 radical (unpaired) electrons. The van der Waals surface area contributed by atoms with Crippen molar-refractivity contribution in [2.24, 2.45) is 11.6 Å². The third-order valence-corrected chi connectivity index (χ3v) is 9.43. The number of hydroxylamine groups is 1. The summed E-state index contributed by atoms with van der Waals surface area (Å²) in [4.78, 5) is 63.0. The van der Waals surface area contributed by atoms with Gasteiger partial charge in [0, 0.05) is 47.8 Å². The Morgan fingerprint density at radius 1 is 0.914 bits per heavy atom. The second kappa shape index (κ2) is 19.7. The van der Waals surface area contributed by atoms with Crippen LogP contribution in [0.15, 0.2) is 84.8 Å². The highest BCUT2D eigenvalue weighted by Gasteiger charge is 2.45. The number of piperidine rings is 1. The second-order valence-electron chi connectivity index (χ2n) is 13.5. The zero-order valence-electron chi connectivity index (χ0n) is 31.7. The van der Waals surface area contributed by atoms with Crippen molar-refractivity contribution in [1.29, 1.82) is 0 Å². The largest absolute Gasteiger partial charge is 0.491 e. The molecule has 1 saturated heterocycles. The highest BCUT2D eigenvalue weighted by molar-refractivity contribution is 6.25. The lowest BCUT2D eigenvalue weighted by atomic mass is 10.0. The van der Waals surface area contributed by atoms with Crippen molar-refractivity contribution in [3.63, 3.8) is 0 Å². The number of ether oxygens (including phenoxy) is 4. The second-order valence-corrected chi connectivity index (χ2v) is 13.5. The average Bonchev–Trinajstić information content (AvgIpc) is 3.74. The summed E-state index contributed by atoms with van der Waals surface area (Å²) in [6.07, 6.45) is 3.59. The summed E-state index contributed by atoms with van der Waals surface area (Å²) in [5, 5.41) is 16.6. The Balaban J connectivity index is 0.797. The molecule has 3 aromatic carbocycles. The number of hydrogen-bond donors (Lipinski definition) is 6. The Labute approximate surface area is 333 Å². The first-order valence-electron chi connectivity index (χ1n) is 18.7. The van der Waals surface area contributed by atoms with Crippen molar-refractivity contribution < 1.29 is 48.1 Å². The number of hydrazine groups is 1. The predicted molar refractivity (Wildman–Crippen MR) is 209 cm³/mol. The first kappa shape index (κ1) is 41.3. The van der Waals surface area contributed by atoms with Gasteiger partial charge in [0.2, 0.25) is 11.8 Å². The quantitative estimate of drug-likeness (QED) is 0.0231. The standard InChI is InChI=1S/C40H46N8O10/c41-29(23-43-32-3-1-2-31-36(32)40(53)48(39(31)52)33-10-11-35(49)44-38(33)51)25-47(42)14-15-55-16-17-56-18-19-57-20-21-58-30-8-4-26(5-9-30)24-46-13-12-27-6-7-28(22-34(27)46)37(50)45-54/h1-9,12-13,22,25,33,43,54H,10-11,14-21,23-24,41-42H2,(H,45,50)(H,44,49,51)/b29-25-. The first-order valence-corrected chi connectivity index (χ1v) is 18.7. The molecule has 5 amide bonds. The lowest BCUT2D eigenvalue weighted by Crippen LogP contribution is -2.54. The van der Waals surface area contributed by atoms with Gasteiger partial charge in [-0.1, -0.05) is 24.3 Å². The van der Waals surface area contributed by atoms with Gasteiger partial charge in [0.25, 0.3) is 17.7 Å². The van der Waals surface area contributed by atoms with Gasteiger partial charge in [0.15, 0.2) is 0 Å². The maximum atomic E-state index is 13.3. The van der Waals surface area contributed by atoms with Crippen molar-refractivity contribution in [2.45, 2.75) is 25.4 Å². The summed E-state index contributed by atoms with van der Waals surface area (Å²) in [5.41, 5.74) is 11.2. The SMILES string of the molecule is N/C(=C\N(N)CCOCCOCCOCCOc1ccc(Cn2ccc3ccc(C(=O)NO)cc32)cc1)CNc1cccc2c1C(=O)N(C1CCC(=O)NC1=O)C2=O. The molecule has 8 N–H and O–H groups in total. The molecule has 4 aromatic rings. The fourth-order valence-electron chi connectivity index (χ4n) is 6.53. The zero-order valence-corrected chi connectivity index (χ0v) is 31.7. The van der Waals surface area contributed by atoms with Gasteiger partial charge in [-0.15, -0.1) is 0 Å². The molecule has 2 aliphatic rings. The Morgan fingerprint density at radius 3 is 2.36 bits per heavy atom. The molecular formula is C40H46N8O10. The number of anilines is 1. The van der Waals surface area contributed by atoms with E-state index in [0.717, 1.165) is 27.1 Å². The zero-order chi connectivity index (χ0) is 41.0. The topological polar surface area (TPSA) is 242 Å². The minimum absolute atomic E-state index is 0.0365. The number of hydrogen-bond acceptors (Lipinski definition) is 14. The molecule has 0 spiro atoms. The summed E-state index contributed by atoms with van der Waals surface area (Å²) in [6, 6.07) is 18.7. The monoisotopic (exact) mass is 798 g/mol. The van der Waals surface area contributed by atoms with Gasteiger partial charge in [0.05, 0.1) is 63.9 Å². The summed E-state index contributed by atoms with van der Waals surface area (Å²) in [7, 11) is 0. The lowest BCUT2D eigenvalue weighted by Gasteiger charge is -2.27. The first-order chi connectivity index (χ1) is 28.1. The number of amides is 5. The number of rotatable bonds is 21. The molecule has 1 unspecified atom stereocenters. The summed E-state index contributed by atoms with van der Waals surface area (Å²) in [6.45, 7) is 3.69. The van der Waals surface area contributed by atoms with Crippen LogP contribution in [-0.2, 0) is 30.3 Å². The third-order valence-electron chi connectivity index (χ3n) is 9.43. The molecule has 306 valence electrons. The molecule has 58 heavy (non-hydrogen) atoms. The molecule has 2 aliphatic heterocycles. The molecule has 3 heterocycles. The van der Waals surface area contributed by atoms with Gasteiger partial charge in [0.1, 0.15) is 18.4 Å². The maximum absolute atomic E-state index is 13.3. The molecule has 1 aromatic heterocycles. The van der Waals surface area contributed by atoms with Crippen LogP contribution in [0.2, 0.25) is 0 Å². The molecule has 1 fully saturated rings. The fraction of sp³-hybridized carbons (Fsp3) is 0.325. The van der Waals surface area contributed by atoms with E-state index in [0.29, 0.717) is 76.3 Å². The minimum Gasteiger partial charge on any atom is -0.491 e.